The van der Waals surface area contributed by atoms with E-state index in [0.29, 0.717) is 18.8 Å². The van der Waals surface area contributed by atoms with Crippen molar-refractivity contribution < 1.29 is 9.53 Å². The molecular formula is C16H25N3O2. The Hall–Kier alpha value is -2.17. The summed E-state index contributed by atoms with van der Waals surface area (Å²) in [6.07, 6.45) is -0.458. The lowest BCUT2D eigenvalue weighted by molar-refractivity contribution is 0.0532. The fourth-order valence-electron chi connectivity index (χ4n) is 1.88. The summed E-state index contributed by atoms with van der Waals surface area (Å²) in [7, 11) is 0. The van der Waals surface area contributed by atoms with Crippen LogP contribution in [0.4, 0.5) is 16.2 Å². The number of hydrogen-bond acceptors (Lipinski definition) is 4. The lowest BCUT2D eigenvalue weighted by Gasteiger charge is -2.27. The summed E-state index contributed by atoms with van der Waals surface area (Å²) in [4.78, 5) is 13.6. The molecule has 116 valence electrons. The first-order chi connectivity index (χ1) is 9.74. The number of nitrogens with two attached hydrogens (primary N) is 1. The highest BCUT2D eigenvalue weighted by molar-refractivity contribution is 5.71. The molecule has 0 atom stereocenters. The lowest BCUT2D eigenvalue weighted by atomic mass is 10.2. The largest absolute Gasteiger partial charge is 0.444 e. The zero-order chi connectivity index (χ0) is 16.0. The number of alkyl carbamates (subject to hydrolysis) is 1. The van der Waals surface area contributed by atoms with Gasteiger partial charge in [0.1, 0.15) is 5.60 Å². The maximum atomic E-state index is 11.7. The van der Waals surface area contributed by atoms with Gasteiger partial charge in [0.05, 0.1) is 17.9 Å². The topological polar surface area (TPSA) is 67.6 Å². The second-order valence-electron chi connectivity index (χ2n) is 5.72. The standard InChI is InChI=1S/C16H25N3O2/c1-6-19(14-10-8-7-9-13(14)17)12(2)11-18-15(20)21-16(3,4)5/h7-10H,2,6,11,17H2,1,3-5H3,(H,18,20). The van der Waals surface area contributed by atoms with Crippen LogP contribution in [0.5, 0.6) is 0 Å². The van der Waals surface area contributed by atoms with Gasteiger partial charge in [-0.05, 0) is 39.8 Å². The summed E-state index contributed by atoms with van der Waals surface area (Å²) in [5.41, 5.74) is 7.78. The van der Waals surface area contributed by atoms with Gasteiger partial charge in [-0.25, -0.2) is 4.79 Å². The van der Waals surface area contributed by atoms with Gasteiger partial charge in [-0.3, -0.25) is 0 Å². The number of likely N-dealkylation sites (N-methyl/N-ethyl adjacent to an activating group) is 1. The third kappa shape index (κ3) is 5.38. The summed E-state index contributed by atoms with van der Waals surface area (Å²) in [5, 5.41) is 2.70. The van der Waals surface area contributed by atoms with Crippen molar-refractivity contribution in [3.05, 3.63) is 36.5 Å². The number of nitrogen functional groups attached to an aromatic ring is 1. The van der Waals surface area contributed by atoms with Gasteiger partial charge in [0.2, 0.25) is 0 Å². The number of amides is 1. The Morgan fingerprint density at radius 1 is 1.38 bits per heavy atom. The van der Waals surface area contributed by atoms with Gasteiger partial charge in [0.25, 0.3) is 0 Å². The first-order valence-electron chi connectivity index (χ1n) is 7.01. The molecule has 0 unspecified atom stereocenters. The van der Waals surface area contributed by atoms with E-state index in [4.69, 9.17) is 10.5 Å². The number of nitrogens with one attached hydrogen (secondary N) is 1. The highest BCUT2D eigenvalue weighted by Crippen LogP contribution is 2.24. The van der Waals surface area contributed by atoms with Crippen molar-refractivity contribution in [1.82, 2.24) is 5.32 Å². The SMILES string of the molecule is C=C(CNC(=O)OC(C)(C)C)N(CC)c1ccccc1N. The van der Waals surface area contributed by atoms with E-state index >= 15 is 0 Å². The molecule has 1 aromatic carbocycles. The number of carbonyl (C=O) groups is 1. The van der Waals surface area contributed by atoms with Gasteiger partial charge in [-0.15, -0.1) is 0 Å². The highest BCUT2D eigenvalue weighted by atomic mass is 16.6. The number of hydrogen-bond donors (Lipinski definition) is 2. The van der Waals surface area contributed by atoms with Crippen molar-refractivity contribution in [3.8, 4) is 0 Å². The summed E-state index contributed by atoms with van der Waals surface area (Å²) < 4.78 is 5.20. The van der Waals surface area contributed by atoms with Crippen LogP contribution in [0.2, 0.25) is 0 Å². The molecular weight excluding hydrogens is 266 g/mol. The maximum Gasteiger partial charge on any atom is 0.407 e. The molecule has 5 heteroatoms. The lowest BCUT2D eigenvalue weighted by Crippen LogP contribution is -2.36. The molecule has 0 heterocycles. The first kappa shape index (κ1) is 16.9. The number of para-hydroxylation sites is 2. The van der Waals surface area contributed by atoms with E-state index in [-0.39, 0.29) is 0 Å². The van der Waals surface area contributed by atoms with Crippen molar-refractivity contribution in [2.24, 2.45) is 0 Å². The van der Waals surface area contributed by atoms with Gasteiger partial charge in [0, 0.05) is 12.2 Å². The van der Waals surface area contributed by atoms with Crippen molar-refractivity contribution in [1.29, 1.82) is 0 Å². The van der Waals surface area contributed by atoms with Gasteiger partial charge >= 0.3 is 6.09 Å². The first-order valence-corrected chi connectivity index (χ1v) is 7.01. The van der Waals surface area contributed by atoms with Crippen molar-refractivity contribution in [3.63, 3.8) is 0 Å². The predicted octanol–water partition coefficient (Wildman–Crippen LogP) is 3.13. The molecule has 3 N–H and O–H groups in total. The molecule has 1 aromatic rings. The monoisotopic (exact) mass is 291 g/mol. The molecule has 21 heavy (non-hydrogen) atoms. The van der Waals surface area contributed by atoms with Crippen LogP contribution in [0.25, 0.3) is 0 Å². The van der Waals surface area contributed by atoms with Gasteiger partial charge < -0.3 is 20.7 Å². The number of nitrogens with zero attached hydrogens (tertiary/aromatic N) is 1. The van der Waals surface area contributed by atoms with E-state index in [9.17, 15) is 4.79 Å². The third-order valence-corrected chi connectivity index (χ3v) is 2.76. The van der Waals surface area contributed by atoms with Crippen LogP contribution in [0.15, 0.2) is 36.5 Å². The third-order valence-electron chi connectivity index (χ3n) is 2.76. The van der Waals surface area contributed by atoms with E-state index in [0.717, 1.165) is 11.4 Å². The number of benzene rings is 1. The Morgan fingerprint density at radius 2 is 2.00 bits per heavy atom. The zero-order valence-corrected chi connectivity index (χ0v) is 13.3. The molecule has 0 aromatic heterocycles. The van der Waals surface area contributed by atoms with Crippen molar-refractivity contribution >= 4 is 17.5 Å². The molecule has 0 saturated heterocycles. The number of rotatable bonds is 5. The summed E-state index contributed by atoms with van der Waals surface area (Å²) >= 11 is 0. The van der Waals surface area contributed by atoms with Crippen LogP contribution < -0.4 is 16.0 Å². The Kier molecular flexibility index (Phi) is 5.64. The second kappa shape index (κ2) is 7.02. The van der Waals surface area contributed by atoms with E-state index in [1.54, 1.807) is 0 Å². The minimum absolute atomic E-state index is 0.303. The Morgan fingerprint density at radius 3 is 2.52 bits per heavy atom. The van der Waals surface area contributed by atoms with E-state index in [1.807, 2.05) is 56.9 Å². The van der Waals surface area contributed by atoms with E-state index in [2.05, 4.69) is 11.9 Å². The fraction of sp³-hybridized carbons (Fsp3) is 0.438. The maximum absolute atomic E-state index is 11.7. The van der Waals surface area contributed by atoms with Crippen LogP contribution in [-0.2, 0) is 4.74 Å². The summed E-state index contributed by atoms with van der Waals surface area (Å²) in [5.74, 6) is 0. The van der Waals surface area contributed by atoms with Crippen molar-refractivity contribution in [2.75, 3.05) is 23.7 Å². The van der Waals surface area contributed by atoms with Crippen LogP contribution in [0.3, 0.4) is 0 Å². The molecule has 1 amide bonds. The molecule has 0 radical (unpaired) electrons. The average molecular weight is 291 g/mol. The number of carbonyl (C=O) groups excluding carboxylic acids is 1. The Labute approximate surface area is 126 Å². The fourth-order valence-corrected chi connectivity index (χ4v) is 1.88. The molecule has 1 rings (SSSR count). The molecule has 0 aliphatic heterocycles. The molecule has 0 fully saturated rings. The van der Waals surface area contributed by atoms with Gasteiger partial charge in [-0.1, -0.05) is 18.7 Å². The molecule has 5 nitrogen and oxygen atoms in total. The number of ether oxygens (including phenoxy) is 1. The van der Waals surface area contributed by atoms with E-state index < -0.39 is 11.7 Å². The molecule has 0 aliphatic carbocycles. The minimum atomic E-state index is -0.514. The minimum Gasteiger partial charge on any atom is -0.444 e. The average Bonchev–Trinajstić information content (AvgIpc) is 2.37. The van der Waals surface area contributed by atoms with Crippen LogP contribution in [0, 0.1) is 0 Å². The zero-order valence-electron chi connectivity index (χ0n) is 13.3. The van der Waals surface area contributed by atoms with Crippen LogP contribution >= 0.6 is 0 Å². The van der Waals surface area contributed by atoms with Gasteiger partial charge in [-0.2, -0.15) is 0 Å². The summed E-state index contributed by atoms with van der Waals surface area (Å²) in [6.45, 7) is 12.5. The smallest absolute Gasteiger partial charge is 0.407 e. The summed E-state index contributed by atoms with van der Waals surface area (Å²) in [6, 6.07) is 7.57. The molecule has 0 bridgehead atoms. The van der Waals surface area contributed by atoms with Crippen LogP contribution in [0.1, 0.15) is 27.7 Å². The normalized spacial score (nSPS) is 10.9. The predicted molar refractivity (Wildman–Crippen MR) is 87.3 cm³/mol. The second-order valence-corrected chi connectivity index (χ2v) is 5.72. The molecule has 0 saturated carbocycles. The molecule has 0 spiro atoms. The van der Waals surface area contributed by atoms with Crippen LogP contribution in [-0.4, -0.2) is 24.8 Å². The highest BCUT2D eigenvalue weighted by Gasteiger charge is 2.17. The van der Waals surface area contributed by atoms with Gasteiger partial charge in [0.15, 0.2) is 0 Å². The quantitative estimate of drug-likeness (QED) is 0.818. The van der Waals surface area contributed by atoms with E-state index in [1.165, 1.54) is 0 Å². The van der Waals surface area contributed by atoms with Crippen molar-refractivity contribution in [2.45, 2.75) is 33.3 Å². The molecule has 0 aliphatic rings. The Balaban J connectivity index is 2.65. The Bertz CT molecular complexity index is 506. The number of anilines is 2.